The van der Waals surface area contributed by atoms with Gasteiger partial charge in [-0.2, -0.15) is 0 Å². The molecule has 2 aromatic carbocycles. The van der Waals surface area contributed by atoms with E-state index >= 15 is 0 Å². The van der Waals surface area contributed by atoms with Crippen LogP contribution < -0.4 is 14.8 Å². The second-order valence-electron chi connectivity index (χ2n) is 6.53. The van der Waals surface area contributed by atoms with Crippen LogP contribution in [0.2, 0.25) is 0 Å². The van der Waals surface area contributed by atoms with Gasteiger partial charge in [-0.3, -0.25) is 9.59 Å². The van der Waals surface area contributed by atoms with E-state index in [-0.39, 0.29) is 17.3 Å². The van der Waals surface area contributed by atoms with Crippen LogP contribution in [0.15, 0.2) is 41.3 Å². The number of ether oxygens (including phenoxy) is 2. The third-order valence-corrected chi connectivity index (χ3v) is 6.12. The van der Waals surface area contributed by atoms with Crippen molar-refractivity contribution >= 4 is 27.4 Å². The fourth-order valence-corrected chi connectivity index (χ4v) is 3.64. The molecule has 0 radical (unpaired) electrons. The maximum atomic E-state index is 12.4. The molecule has 1 N–H and O–H groups in total. The molecule has 9 heteroatoms. The van der Waals surface area contributed by atoms with E-state index in [1.807, 2.05) is 0 Å². The molecule has 29 heavy (non-hydrogen) atoms. The van der Waals surface area contributed by atoms with E-state index in [2.05, 4.69) is 5.32 Å². The zero-order valence-corrected chi connectivity index (χ0v) is 17.8. The van der Waals surface area contributed by atoms with Crippen molar-refractivity contribution < 1.29 is 27.5 Å². The summed E-state index contributed by atoms with van der Waals surface area (Å²) in [5.41, 5.74) is 1.37. The molecule has 0 spiro atoms. The Morgan fingerprint density at radius 3 is 2.34 bits per heavy atom. The fourth-order valence-electron chi connectivity index (χ4n) is 2.50. The van der Waals surface area contributed by atoms with Crippen LogP contribution in [0.3, 0.4) is 0 Å². The minimum Gasteiger partial charge on any atom is -0.493 e. The molecule has 0 bridgehead atoms. The summed E-state index contributed by atoms with van der Waals surface area (Å²) in [6, 6.07) is 9.31. The number of amides is 1. The normalized spacial score (nSPS) is 11.2. The molecule has 1 amide bonds. The molecular weight excluding hydrogens is 396 g/mol. The zero-order valence-electron chi connectivity index (χ0n) is 17.0. The summed E-state index contributed by atoms with van der Waals surface area (Å²) in [4.78, 5) is 23.8. The third kappa shape index (κ3) is 5.33. The summed E-state index contributed by atoms with van der Waals surface area (Å²) in [6.07, 6.45) is 0. The standard InChI is InChI=1S/C20H24N2O6S/c1-13-6-8-16(11-19(13)29(25,26)22(3)4)21-20(24)12-28-17-9-7-15(14(2)23)10-18(17)27-5/h6-11H,12H2,1-5H3,(H,21,24). The molecular formula is C20H24N2O6S. The number of benzene rings is 2. The van der Waals surface area contributed by atoms with Crippen molar-refractivity contribution in [1.82, 2.24) is 4.31 Å². The average Bonchev–Trinajstić information content (AvgIpc) is 2.67. The smallest absolute Gasteiger partial charge is 0.262 e. The van der Waals surface area contributed by atoms with Gasteiger partial charge in [-0.25, -0.2) is 12.7 Å². The van der Waals surface area contributed by atoms with Crippen molar-refractivity contribution in [2.75, 3.05) is 33.1 Å². The van der Waals surface area contributed by atoms with Crippen molar-refractivity contribution in [1.29, 1.82) is 0 Å². The molecule has 0 aliphatic carbocycles. The Kier molecular flexibility index (Phi) is 6.99. The van der Waals surface area contributed by atoms with Gasteiger partial charge in [0, 0.05) is 25.3 Å². The molecule has 156 valence electrons. The van der Waals surface area contributed by atoms with Crippen molar-refractivity contribution in [3.63, 3.8) is 0 Å². The van der Waals surface area contributed by atoms with Crippen LogP contribution in [-0.2, 0) is 14.8 Å². The van der Waals surface area contributed by atoms with Gasteiger partial charge in [0.15, 0.2) is 23.9 Å². The monoisotopic (exact) mass is 420 g/mol. The summed E-state index contributed by atoms with van der Waals surface area (Å²) in [5, 5.41) is 2.62. The molecule has 0 aliphatic heterocycles. The quantitative estimate of drug-likeness (QED) is 0.658. The highest BCUT2D eigenvalue weighted by Crippen LogP contribution is 2.28. The number of anilines is 1. The van der Waals surface area contributed by atoms with Crippen LogP contribution in [0.25, 0.3) is 0 Å². The van der Waals surface area contributed by atoms with Gasteiger partial charge in [-0.1, -0.05) is 6.07 Å². The van der Waals surface area contributed by atoms with Crippen LogP contribution in [0.5, 0.6) is 11.5 Å². The molecule has 0 atom stereocenters. The number of carbonyl (C=O) groups excluding carboxylic acids is 2. The van der Waals surface area contributed by atoms with Crippen molar-refractivity contribution in [2.45, 2.75) is 18.7 Å². The van der Waals surface area contributed by atoms with Crippen molar-refractivity contribution in [3.05, 3.63) is 47.5 Å². The Hall–Kier alpha value is -2.91. The molecule has 2 rings (SSSR count). The first-order valence-corrected chi connectivity index (χ1v) is 10.1. The van der Waals surface area contributed by atoms with E-state index in [9.17, 15) is 18.0 Å². The second kappa shape index (κ2) is 9.06. The average molecular weight is 420 g/mol. The van der Waals surface area contributed by atoms with E-state index in [0.717, 1.165) is 4.31 Å². The first-order chi connectivity index (χ1) is 13.6. The van der Waals surface area contributed by atoms with Gasteiger partial charge in [-0.15, -0.1) is 0 Å². The number of aryl methyl sites for hydroxylation is 1. The first kappa shape index (κ1) is 22.4. The van der Waals surface area contributed by atoms with Crippen molar-refractivity contribution in [2.24, 2.45) is 0 Å². The predicted molar refractivity (Wildman–Crippen MR) is 109 cm³/mol. The van der Waals surface area contributed by atoms with Crippen LogP contribution in [0, 0.1) is 6.92 Å². The number of rotatable bonds is 8. The Balaban J connectivity index is 2.12. The summed E-state index contributed by atoms with van der Waals surface area (Å²) >= 11 is 0. The number of ketones is 1. The number of sulfonamides is 1. The maximum absolute atomic E-state index is 12.4. The van der Waals surface area contributed by atoms with Gasteiger partial charge in [0.25, 0.3) is 5.91 Å². The van der Waals surface area contributed by atoms with E-state index in [4.69, 9.17) is 9.47 Å². The number of nitrogens with one attached hydrogen (secondary N) is 1. The molecule has 0 heterocycles. The van der Waals surface area contributed by atoms with Gasteiger partial charge in [0.05, 0.1) is 12.0 Å². The second-order valence-corrected chi connectivity index (χ2v) is 8.65. The highest BCUT2D eigenvalue weighted by Gasteiger charge is 2.20. The number of nitrogens with zero attached hydrogens (tertiary/aromatic N) is 1. The lowest BCUT2D eigenvalue weighted by atomic mass is 10.1. The number of methoxy groups -OCH3 is 1. The summed E-state index contributed by atoms with van der Waals surface area (Å²) < 4.78 is 36.6. The Morgan fingerprint density at radius 2 is 1.76 bits per heavy atom. The van der Waals surface area contributed by atoms with Gasteiger partial charge in [0.1, 0.15) is 0 Å². The van der Waals surface area contributed by atoms with Crippen LogP contribution in [0.1, 0.15) is 22.8 Å². The van der Waals surface area contributed by atoms with Crippen LogP contribution in [-0.4, -0.2) is 52.2 Å². The Morgan fingerprint density at radius 1 is 1.07 bits per heavy atom. The van der Waals surface area contributed by atoms with Gasteiger partial charge >= 0.3 is 0 Å². The lowest BCUT2D eigenvalue weighted by molar-refractivity contribution is -0.118. The fraction of sp³-hybridized carbons (Fsp3) is 0.300. The molecule has 8 nitrogen and oxygen atoms in total. The van der Waals surface area contributed by atoms with Crippen LogP contribution >= 0.6 is 0 Å². The Bertz CT molecular complexity index is 1030. The number of Topliss-reactive ketones (excluding diaryl/α,β-unsaturated/α-hetero) is 1. The summed E-state index contributed by atoms with van der Waals surface area (Å²) in [7, 11) is 0.687. The van der Waals surface area contributed by atoms with E-state index in [1.54, 1.807) is 31.2 Å². The Labute approximate surface area is 170 Å². The summed E-state index contributed by atoms with van der Waals surface area (Å²) in [6.45, 7) is 2.80. The highest BCUT2D eigenvalue weighted by atomic mass is 32.2. The molecule has 0 fully saturated rings. The van der Waals surface area contributed by atoms with Gasteiger partial charge in [0.2, 0.25) is 10.0 Å². The van der Waals surface area contributed by atoms with Gasteiger partial charge in [-0.05, 0) is 49.7 Å². The largest absolute Gasteiger partial charge is 0.493 e. The molecule has 0 unspecified atom stereocenters. The maximum Gasteiger partial charge on any atom is 0.262 e. The molecule has 0 saturated heterocycles. The molecule has 0 aromatic heterocycles. The van der Waals surface area contributed by atoms with E-state index < -0.39 is 15.9 Å². The molecule has 2 aromatic rings. The SMILES string of the molecule is COc1cc(C(C)=O)ccc1OCC(=O)Nc1ccc(C)c(S(=O)(=O)N(C)C)c1. The van der Waals surface area contributed by atoms with E-state index in [0.29, 0.717) is 28.3 Å². The lowest BCUT2D eigenvalue weighted by Gasteiger charge is -2.15. The summed E-state index contributed by atoms with van der Waals surface area (Å²) in [5.74, 6) is 0.0582. The topological polar surface area (TPSA) is 102 Å². The van der Waals surface area contributed by atoms with Crippen molar-refractivity contribution in [3.8, 4) is 11.5 Å². The van der Waals surface area contributed by atoms with Gasteiger partial charge < -0.3 is 14.8 Å². The number of hydrogen-bond acceptors (Lipinski definition) is 6. The highest BCUT2D eigenvalue weighted by molar-refractivity contribution is 7.89. The van der Waals surface area contributed by atoms with Crippen LogP contribution in [0.4, 0.5) is 5.69 Å². The molecule has 0 aliphatic rings. The lowest BCUT2D eigenvalue weighted by Crippen LogP contribution is -2.24. The van der Waals surface area contributed by atoms with E-state index in [1.165, 1.54) is 40.3 Å². The molecule has 0 saturated carbocycles. The first-order valence-electron chi connectivity index (χ1n) is 8.71. The minimum absolute atomic E-state index is 0.114. The minimum atomic E-state index is -3.63. The third-order valence-electron chi connectivity index (χ3n) is 4.16. The zero-order chi connectivity index (χ0) is 21.8. The predicted octanol–water partition coefficient (Wildman–Crippen LogP) is 2.47. The number of carbonyl (C=O) groups is 2. The number of hydrogen-bond donors (Lipinski definition) is 1.